The molecular weight excluding hydrogens is 291 g/mol. The first kappa shape index (κ1) is 16.6. The normalized spacial score (nSPS) is 11.4. The van der Waals surface area contributed by atoms with E-state index in [1.54, 1.807) is 0 Å². The monoisotopic (exact) mass is 307 g/mol. The number of halogens is 3. The molecule has 4 nitrogen and oxygen atoms in total. The third-order valence-electron chi connectivity index (χ3n) is 2.40. The van der Waals surface area contributed by atoms with Gasteiger partial charge in [0.1, 0.15) is 17.4 Å². The summed E-state index contributed by atoms with van der Waals surface area (Å²) in [7, 11) is 0. The van der Waals surface area contributed by atoms with Crippen LogP contribution < -0.4 is 11.1 Å². The average Bonchev–Trinajstić information content (AvgIpc) is 2.25. The van der Waals surface area contributed by atoms with Gasteiger partial charge in [-0.25, -0.2) is 4.98 Å². The van der Waals surface area contributed by atoms with Gasteiger partial charge < -0.3 is 15.8 Å². The minimum Gasteiger partial charge on any atom is -0.389 e. The lowest BCUT2D eigenvalue weighted by Crippen LogP contribution is -2.22. The number of nitrogens with one attached hydrogen (secondary N) is 1. The van der Waals surface area contributed by atoms with Crippen LogP contribution in [0.3, 0.4) is 0 Å². The Morgan fingerprint density at radius 2 is 2.10 bits per heavy atom. The highest BCUT2D eigenvalue weighted by Gasteiger charge is 2.27. The summed E-state index contributed by atoms with van der Waals surface area (Å²) >= 11 is 4.95. The smallest absolute Gasteiger partial charge is 0.389 e. The van der Waals surface area contributed by atoms with Gasteiger partial charge in [0.05, 0.1) is 12.2 Å². The van der Waals surface area contributed by atoms with Gasteiger partial charge >= 0.3 is 6.18 Å². The zero-order chi connectivity index (χ0) is 15.3. The molecule has 0 radical (unpaired) electrons. The fourth-order valence-corrected chi connectivity index (χ4v) is 1.96. The Labute approximate surface area is 120 Å². The summed E-state index contributed by atoms with van der Waals surface area (Å²) in [5, 5.41) is 2.89. The zero-order valence-electron chi connectivity index (χ0n) is 11.2. The maximum atomic E-state index is 11.9. The number of rotatable bonds is 6. The molecule has 1 aromatic heterocycles. The van der Waals surface area contributed by atoms with Crippen molar-refractivity contribution in [2.24, 2.45) is 5.73 Å². The van der Waals surface area contributed by atoms with Crippen molar-refractivity contribution in [2.45, 2.75) is 20.0 Å². The van der Waals surface area contributed by atoms with Gasteiger partial charge in [0.15, 0.2) is 0 Å². The van der Waals surface area contributed by atoms with E-state index >= 15 is 0 Å². The van der Waals surface area contributed by atoms with E-state index in [9.17, 15) is 13.2 Å². The molecule has 0 spiro atoms. The minimum absolute atomic E-state index is 0.0923. The van der Waals surface area contributed by atoms with Crippen molar-refractivity contribution in [2.75, 3.05) is 25.1 Å². The van der Waals surface area contributed by atoms with Crippen LogP contribution in [0, 0.1) is 13.8 Å². The number of aryl methyl sites for hydroxylation is 2. The van der Waals surface area contributed by atoms with Gasteiger partial charge in [-0.15, -0.1) is 0 Å². The summed E-state index contributed by atoms with van der Waals surface area (Å²) in [4.78, 5) is 4.43. The van der Waals surface area contributed by atoms with Crippen molar-refractivity contribution in [3.05, 3.63) is 22.9 Å². The Balaban J connectivity index is 2.62. The maximum Gasteiger partial charge on any atom is 0.411 e. The van der Waals surface area contributed by atoms with Gasteiger partial charge in [0, 0.05) is 12.2 Å². The van der Waals surface area contributed by atoms with E-state index in [2.05, 4.69) is 15.0 Å². The molecule has 0 atom stereocenters. The highest BCUT2D eigenvalue weighted by atomic mass is 32.1. The number of pyridine rings is 1. The molecule has 0 amide bonds. The van der Waals surface area contributed by atoms with Gasteiger partial charge in [-0.3, -0.25) is 0 Å². The highest BCUT2D eigenvalue weighted by Crippen LogP contribution is 2.18. The van der Waals surface area contributed by atoms with Crippen LogP contribution >= 0.6 is 12.2 Å². The van der Waals surface area contributed by atoms with E-state index in [4.69, 9.17) is 18.0 Å². The van der Waals surface area contributed by atoms with E-state index in [0.29, 0.717) is 11.4 Å². The number of thiocarbonyl (C=S) groups is 1. The Kier molecular flexibility index (Phi) is 5.70. The first-order valence-corrected chi connectivity index (χ1v) is 6.28. The number of nitrogens with two attached hydrogens (primary N) is 1. The molecule has 0 aliphatic heterocycles. The van der Waals surface area contributed by atoms with Crippen LogP contribution in [0.25, 0.3) is 0 Å². The molecule has 0 aliphatic carbocycles. The molecule has 112 valence electrons. The second kappa shape index (κ2) is 6.85. The van der Waals surface area contributed by atoms with Crippen molar-refractivity contribution in [3.8, 4) is 0 Å². The lowest BCUT2D eigenvalue weighted by atomic mass is 10.1. The SMILES string of the molecule is Cc1cc(C)c(C(N)=S)c(NCCOCC(F)(F)F)n1. The molecule has 0 aliphatic rings. The summed E-state index contributed by atoms with van der Waals surface area (Å²) in [5.41, 5.74) is 7.85. The van der Waals surface area contributed by atoms with Crippen molar-refractivity contribution < 1.29 is 17.9 Å². The van der Waals surface area contributed by atoms with Gasteiger partial charge in [-0.2, -0.15) is 13.2 Å². The molecular formula is C12H16F3N3OS. The molecule has 1 aromatic rings. The van der Waals surface area contributed by atoms with Crippen LogP contribution in [0.5, 0.6) is 0 Å². The zero-order valence-corrected chi connectivity index (χ0v) is 12.0. The second-order valence-corrected chi connectivity index (χ2v) is 4.70. The molecule has 0 bridgehead atoms. The number of alkyl halides is 3. The van der Waals surface area contributed by atoms with Crippen LogP contribution in [0.4, 0.5) is 19.0 Å². The van der Waals surface area contributed by atoms with Crippen molar-refractivity contribution in [1.29, 1.82) is 0 Å². The fourth-order valence-electron chi connectivity index (χ4n) is 1.71. The standard InChI is InChI=1S/C12H16F3N3OS/c1-7-5-8(2)18-11(9(7)10(16)20)17-3-4-19-6-12(13,14)15/h5H,3-4,6H2,1-2H3,(H2,16,20)(H,17,18). The van der Waals surface area contributed by atoms with E-state index in [-0.39, 0.29) is 18.1 Å². The summed E-state index contributed by atoms with van der Waals surface area (Å²) in [6, 6.07) is 1.83. The lowest BCUT2D eigenvalue weighted by Gasteiger charge is -2.14. The number of ether oxygens (including phenoxy) is 1. The van der Waals surface area contributed by atoms with Crippen molar-refractivity contribution in [1.82, 2.24) is 4.98 Å². The molecule has 0 fully saturated rings. The van der Waals surface area contributed by atoms with Crippen molar-refractivity contribution in [3.63, 3.8) is 0 Å². The summed E-state index contributed by atoms with van der Waals surface area (Å²) < 4.78 is 40.2. The lowest BCUT2D eigenvalue weighted by molar-refractivity contribution is -0.172. The molecule has 1 heterocycles. The third kappa shape index (κ3) is 5.30. The Morgan fingerprint density at radius 1 is 1.45 bits per heavy atom. The Bertz CT molecular complexity index is 492. The number of hydrogen-bond acceptors (Lipinski definition) is 4. The van der Waals surface area contributed by atoms with Gasteiger partial charge in [0.2, 0.25) is 0 Å². The molecule has 0 unspecified atom stereocenters. The van der Waals surface area contributed by atoms with Crippen LogP contribution in [0.1, 0.15) is 16.8 Å². The van der Waals surface area contributed by atoms with Gasteiger partial charge in [-0.05, 0) is 25.5 Å². The molecule has 0 saturated carbocycles. The van der Waals surface area contributed by atoms with Crippen LogP contribution in [-0.4, -0.2) is 35.9 Å². The van der Waals surface area contributed by atoms with Crippen LogP contribution in [-0.2, 0) is 4.74 Å². The van der Waals surface area contributed by atoms with Gasteiger partial charge in [-0.1, -0.05) is 12.2 Å². The predicted molar refractivity (Wildman–Crippen MR) is 75.0 cm³/mol. The van der Waals surface area contributed by atoms with Crippen molar-refractivity contribution >= 4 is 23.0 Å². The van der Waals surface area contributed by atoms with E-state index in [1.807, 2.05) is 19.9 Å². The molecule has 0 aromatic carbocycles. The minimum atomic E-state index is -4.32. The predicted octanol–water partition coefficient (Wildman–Crippen LogP) is 2.32. The quantitative estimate of drug-likeness (QED) is 0.624. The topological polar surface area (TPSA) is 60.2 Å². The Morgan fingerprint density at radius 3 is 2.65 bits per heavy atom. The average molecular weight is 307 g/mol. The summed E-state index contributed by atoms with van der Waals surface area (Å²) in [6.45, 7) is 2.47. The third-order valence-corrected chi connectivity index (χ3v) is 2.60. The van der Waals surface area contributed by atoms with Gasteiger partial charge in [0.25, 0.3) is 0 Å². The highest BCUT2D eigenvalue weighted by molar-refractivity contribution is 7.80. The molecule has 3 N–H and O–H groups in total. The molecule has 0 saturated heterocycles. The van der Waals surface area contributed by atoms with Crippen LogP contribution in [0.2, 0.25) is 0 Å². The second-order valence-electron chi connectivity index (χ2n) is 4.26. The van der Waals surface area contributed by atoms with E-state index < -0.39 is 12.8 Å². The summed E-state index contributed by atoms with van der Waals surface area (Å²) in [5.74, 6) is 0.464. The first-order chi connectivity index (χ1) is 9.20. The number of aromatic nitrogens is 1. The maximum absolute atomic E-state index is 11.9. The molecule has 20 heavy (non-hydrogen) atoms. The first-order valence-electron chi connectivity index (χ1n) is 5.87. The number of anilines is 1. The van der Waals surface area contributed by atoms with Crippen LogP contribution in [0.15, 0.2) is 6.07 Å². The number of nitrogens with zero attached hydrogens (tertiary/aromatic N) is 1. The number of hydrogen-bond donors (Lipinski definition) is 2. The fraction of sp³-hybridized carbons (Fsp3) is 0.500. The summed E-state index contributed by atoms with van der Waals surface area (Å²) in [6.07, 6.45) is -4.32. The molecule has 1 rings (SSSR count). The van der Waals surface area contributed by atoms with E-state index in [1.165, 1.54) is 0 Å². The Hall–Kier alpha value is -1.41. The largest absolute Gasteiger partial charge is 0.411 e. The van der Waals surface area contributed by atoms with E-state index in [0.717, 1.165) is 11.3 Å². The molecule has 8 heteroatoms.